The molecular formula is C22H30N2O5S2. The zero-order chi connectivity index (χ0) is 23.2. The molecule has 9 heteroatoms. The maximum atomic E-state index is 13.0. The Morgan fingerprint density at radius 1 is 0.903 bits per heavy atom. The zero-order valence-corrected chi connectivity index (χ0v) is 19.9. The van der Waals surface area contributed by atoms with Crippen LogP contribution in [0.25, 0.3) is 0 Å². The van der Waals surface area contributed by atoms with Crippen molar-refractivity contribution in [2.75, 3.05) is 11.9 Å². The van der Waals surface area contributed by atoms with Crippen molar-refractivity contribution in [1.29, 1.82) is 0 Å². The van der Waals surface area contributed by atoms with E-state index in [0.29, 0.717) is 18.5 Å². The van der Waals surface area contributed by atoms with Crippen molar-refractivity contribution in [3.05, 3.63) is 53.6 Å². The maximum absolute atomic E-state index is 13.0. The van der Waals surface area contributed by atoms with Gasteiger partial charge in [0.05, 0.1) is 15.0 Å². The Labute approximate surface area is 185 Å². The van der Waals surface area contributed by atoms with E-state index in [4.69, 9.17) is 0 Å². The van der Waals surface area contributed by atoms with Crippen molar-refractivity contribution in [3.8, 4) is 0 Å². The Kier molecular flexibility index (Phi) is 8.39. The van der Waals surface area contributed by atoms with E-state index in [9.17, 15) is 21.6 Å². The molecule has 2 rings (SSSR count). The van der Waals surface area contributed by atoms with Crippen LogP contribution in [0.15, 0.2) is 52.3 Å². The number of hydrogen-bond donors (Lipinski definition) is 2. The van der Waals surface area contributed by atoms with Crippen molar-refractivity contribution >= 4 is 31.5 Å². The summed E-state index contributed by atoms with van der Waals surface area (Å²) in [5.74, 6) is -0.257. The number of unbranched alkanes of at least 4 members (excludes halogenated alkanes) is 1. The van der Waals surface area contributed by atoms with Gasteiger partial charge in [-0.05, 0) is 82.0 Å². The number of anilines is 1. The molecule has 2 aromatic carbocycles. The van der Waals surface area contributed by atoms with Crippen molar-refractivity contribution < 1.29 is 21.6 Å². The third-order valence-corrected chi connectivity index (χ3v) is 8.27. The van der Waals surface area contributed by atoms with Gasteiger partial charge in [0.1, 0.15) is 0 Å². The largest absolute Gasteiger partial charge is 0.326 e. The second-order valence-corrected chi connectivity index (χ2v) is 12.1. The fraction of sp³-hybridized carbons (Fsp3) is 0.409. The van der Waals surface area contributed by atoms with Gasteiger partial charge in [0.2, 0.25) is 25.8 Å². The molecule has 1 amide bonds. The number of amides is 1. The highest BCUT2D eigenvalue weighted by atomic mass is 32.2. The summed E-state index contributed by atoms with van der Waals surface area (Å²) in [5, 5.41) is 2.21. The monoisotopic (exact) mass is 466 g/mol. The minimum Gasteiger partial charge on any atom is -0.326 e. The molecule has 0 spiro atoms. The number of benzene rings is 2. The average molecular weight is 467 g/mol. The van der Waals surface area contributed by atoms with Gasteiger partial charge >= 0.3 is 0 Å². The van der Waals surface area contributed by atoms with Gasteiger partial charge in [-0.25, -0.2) is 21.6 Å². The van der Waals surface area contributed by atoms with Crippen LogP contribution in [0, 0.1) is 13.8 Å². The third kappa shape index (κ3) is 7.15. The molecule has 0 saturated carbocycles. The van der Waals surface area contributed by atoms with Gasteiger partial charge < -0.3 is 5.32 Å². The number of nitrogens with one attached hydrogen (secondary N) is 2. The molecule has 0 aliphatic heterocycles. The highest BCUT2D eigenvalue weighted by molar-refractivity contribution is 7.91. The number of aryl methyl sites for hydroxylation is 2. The van der Waals surface area contributed by atoms with E-state index >= 15 is 0 Å². The van der Waals surface area contributed by atoms with Crippen LogP contribution in [0.1, 0.15) is 44.2 Å². The lowest BCUT2D eigenvalue weighted by Crippen LogP contribution is -2.31. The van der Waals surface area contributed by atoms with Gasteiger partial charge in [-0.1, -0.05) is 12.1 Å². The smallest absolute Gasteiger partial charge is 0.224 e. The lowest BCUT2D eigenvalue weighted by Gasteiger charge is -2.10. The Hall–Kier alpha value is -2.23. The predicted octanol–water partition coefficient (Wildman–Crippen LogP) is 3.57. The molecule has 7 nitrogen and oxygen atoms in total. The first-order valence-corrected chi connectivity index (χ1v) is 13.2. The molecular weight excluding hydrogens is 436 g/mol. The first kappa shape index (κ1) is 25.0. The normalized spacial score (nSPS) is 12.2. The molecule has 0 aliphatic carbocycles. The summed E-state index contributed by atoms with van der Waals surface area (Å²) in [5.41, 5.74) is 2.12. The Morgan fingerprint density at radius 3 is 2.16 bits per heavy atom. The van der Waals surface area contributed by atoms with E-state index in [-0.39, 0.29) is 28.7 Å². The second-order valence-electron chi connectivity index (χ2n) is 7.85. The van der Waals surface area contributed by atoms with Crippen LogP contribution in [0.4, 0.5) is 5.69 Å². The van der Waals surface area contributed by atoms with Gasteiger partial charge in [0, 0.05) is 18.7 Å². The van der Waals surface area contributed by atoms with Crippen molar-refractivity contribution in [3.63, 3.8) is 0 Å². The maximum Gasteiger partial charge on any atom is 0.224 e. The molecule has 2 aromatic rings. The van der Waals surface area contributed by atoms with Crippen LogP contribution < -0.4 is 10.0 Å². The summed E-state index contributed by atoms with van der Waals surface area (Å²) in [4.78, 5) is 12.5. The minimum atomic E-state index is -3.70. The molecule has 31 heavy (non-hydrogen) atoms. The van der Waals surface area contributed by atoms with Gasteiger partial charge in [-0.2, -0.15) is 0 Å². The van der Waals surface area contributed by atoms with Gasteiger partial charge in [0.25, 0.3) is 0 Å². The number of hydrogen-bond acceptors (Lipinski definition) is 5. The van der Waals surface area contributed by atoms with Gasteiger partial charge in [0.15, 0.2) is 0 Å². The Balaban J connectivity index is 1.97. The molecule has 0 radical (unpaired) electrons. The molecule has 0 bridgehead atoms. The van der Waals surface area contributed by atoms with Crippen LogP contribution >= 0.6 is 0 Å². The standard InChI is InChI=1S/C22H30N2O5S2/c1-16(2)31(28,29)23-11-6-5-10-22(25)24-19-8-7-9-20(15-19)30(26,27)21-13-17(3)12-18(4)14-21/h7-9,12-16,23H,5-6,10-11H2,1-4H3,(H,24,25). The number of rotatable bonds is 10. The first-order valence-electron chi connectivity index (χ1n) is 10.1. The summed E-state index contributed by atoms with van der Waals surface area (Å²) in [6.07, 6.45) is 1.24. The molecule has 0 aromatic heterocycles. The highest BCUT2D eigenvalue weighted by Crippen LogP contribution is 2.25. The minimum absolute atomic E-state index is 0.110. The predicted molar refractivity (Wildman–Crippen MR) is 122 cm³/mol. The molecule has 2 N–H and O–H groups in total. The van der Waals surface area contributed by atoms with Crippen molar-refractivity contribution in [2.45, 2.75) is 62.0 Å². The molecule has 0 saturated heterocycles. The van der Waals surface area contributed by atoms with E-state index < -0.39 is 25.1 Å². The lowest BCUT2D eigenvalue weighted by molar-refractivity contribution is -0.116. The van der Waals surface area contributed by atoms with Crippen LogP contribution in [0.5, 0.6) is 0 Å². The molecule has 0 heterocycles. The SMILES string of the molecule is Cc1cc(C)cc(S(=O)(=O)c2cccc(NC(=O)CCCCNS(=O)(=O)C(C)C)c2)c1. The molecule has 0 atom stereocenters. The van der Waals surface area contributed by atoms with Crippen LogP contribution in [0.2, 0.25) is 0 Å². The summed E-state index contributed by atoms with van der Waals surface area (Å²) in [7, 11) is -7.01. The van der Waals surface area contributed by atoms with Crippen molar-refractivity contribution in [1.82, 2.24) is 4.72 Å². The highest BCUT2D eigenvalue weighted by Gasteiger charge is 2.19. The van der Waals surface area contributed by atoms with E-state index in [0.717, 1.165) is 11.1 Å². The van der Waals surface area contributed by atoms with Crippen LogP contribution in [-0.2, 0) is 24.7 Å². The van der Waals surface area contributed by atoms with Gasteiger partial charge in [-0.3, -0.25) is 4.79 Å². The topological polar surface area (TPSA) is 109 Å². The molecule has 0 fully saturated rings. The molecule has 0 unspecified atom stereocenters. The third-order valence-electron chi connectivity index (χ3n) is 4.69. The van der Waals surface area contributed by atoms with Crippen LogP contribution in [0.3, 0.4) is 0 Å². The second kappa shape index (κ2) is 10.4. The van der Waals surface area contributed by atoms with Crippen molar-refractivity contribution in [2.24, 2.45) is 0 Å². The quantitative estimate of drug-likeness (QED) is 0.520. The number of carbonyl (C=O) groups excluding carboxylic acids is 1. The Bertz CT molecular complexity index is 1120. The first-order chi connectivity index (χ1) is 14.4. The summed E-state index contributed by atoms with van der Waals surface area (Å²) in [6.45, 7) is 7.17. The average Bonchev–Trinajstić information content (AvgIpc) is 2.67. The molecule has 0 aliphatic rings. The lowest BCUT2D eigenvalue weighted by atomic mass is 10.2. The van der Waals surface area contributed by atoms with Gasteiger partial charge in [-0.15, -0.1) is 0 Å². The fourth-order valence-electron chi connectivity index (χ4n) is 2.98. The van der Waals surface area contributed by atoms with E-state index in [1.165, 1.54) is 12.1 Å². The number of carbonyl (C=O) groups is 1. The summed E-state index contributed by atoms with van der Waals surface area (Å²) in [6, 6.07) is 11.3. The van der Waals surface area contributed by atoms with Crippen LogP contribution in [-0.4, -0.2) is 34.5 Å². The molecule has 170 valence electrons. The van der Waals surface area contributed by atoms with E-state index in [1.807, 2.05) is 19.9 Å². The number of sulfone groups is 1. The Morgan fingerprint density at radius 2 is 1.55 bits per heavy atom. The fourth-order valence-corrected chi connectivity index (χ4v) is 5.24. The summed E-state index contributed by atoms with van der Waals surface area (Å²) >= 11 is 0. The summed E-state index contributed by atoms with van der Waals surface area (Å²) < 4.78 is 51.8. The van der Waals surface area contributed by atoms with E-state index in [1.54, 1.807) is 38.1 Å². The zero-order valence-electron chi connectivity index (χ0n) is 18.3. The number of sulfonamides is 1. The van der Waals surface area contributed by atoms with E-state index in [2.05, 4.69) is 10.0 Å².